The van der Waals surface area contributed by atoms with E-state index in [1.54, 1.807) is 43.3 Å². The number of aromatic nitrogens is 2. The minimum absolute atomic E-state index is 0.0786. The Morgan fingerprint density at radius 2 is 1.69 bits per heavy atom. The summed E-state index contributed by atoms with van der Waals surface area (Å²) in [5.74, 6) is -0.656. The van der Waals surface area contributed by atoms with Gasteiger partial charge in [0.15, 0.2) is 5.16 Å². The molecule has 0 spiro atoms. The fourth-order valence-corrected chi connectivity index (χ4v) is 4.09. The van der Waals surface area contributed by atoms with Gasteiger partial charge in [0, 0.05) is 36.7 Å². The minimum atomic E-state index is -4.46. The first kappa shape index (κ1) is 26.3. The number of amides is 1. The van der Waals surface area contributed by atoms with Crippen LogP contribution in [0.25, 0.3) is 0 Å². The number of nitrogens with zero attached hydrogens (tertiary/aromatic N) is 3. The Morgan fingerprint density at radius 1 is 1.06 bits per heavy atom. The molecule has 0 bridgehead atoms. The normalized spacial score (nSPS) is 11.3. The van der Waals surface area contributed by atoms with Crippen LogP contribution in [0.4, 0.5) is 24.7 Å². The summed E-state index contributed by atoms with van der Waals surface area (Å²) in [7, 11) is 3.46. The van der Waals surface area contributed by atoms with Crippen LogP contribution >= 0.6 is 23.4 Å². The van der Waals surface area contributed by atoms with Crippen LogP contribution in [0.1, 0.15) is 27.0 Å². The van der Waals surface area contributed by atoms with Gasteiger partial charge in [0.05, 0.1) is 12.0 Å². The van der Waals surface area contributed by atoms with E-state index in [0.29, 0.717) is 28.0 Å². The highest BCUT2D eigenvalue weighted by molar-refractivity contribution is 7.98. The molecule has 0 aliphatic carbocycles. The highest BCUT2D eigenvalue weighted by Crippen LogP contribution is 2.30. The molecule has 7 nitrogen and oxygen atoms in total. The summed E-state index contributed by atoms with van der Waals surface area (Å²) in [6.45, 7) is 0. The zero-order valence-corrected chi connectivity index (χ0v) is 20.1. The highest BCUT2D eigenvalue weighted by Gasteiger charge is 2.30. The molecule has 0 atom stereocenters. The number of carboxylic acid groups (broad SMARTS) is 1. The van der Waals surface area contributed by atoms with Gasteiger partial charge in [0.2, 0.25) is 0 Å². The van der Waals surface area contributed by atoms with E-state index in [1.165, 1.54) is 11.8 Å². The Labute approximate surface area is 208 Å². The van der Waals surface area contributed by atoms with Gasteiger partial charge in [-0.05, 0) is 42.0 Å². The Hall–Kier alpha value is -3.31. The number of carbonyl (C=O) groups is 2. The lowest BCUT2D eigenvalue weighted by molar-refractivity contribution is -0.138. The van der Waals surface area contributed by atoms with E-state index in [-0.39, 0.29) is 17.1 Å². The Kier molecular flexibility index (Phi) is 8.23. The predicted molar refractivity (Wildman–Crippen MR) is 128 cm³/mol. The fraction of sp³-hybridized carbons (Fsp3) is 0.217. The summed E-state index contributed by atoms with van der Waals surface area (Å²) in [4.78, 5) is 33.7. The highest BCUT2D eigenvalue weighted by atomic mass is 35.5. The fourth-order valence-electron chi connectivity index (χ4n) is 3.01. The average molecular weight is 525 g/mol. The van der Waals surface area contributed by atoms with Crippen LogP contribution in [0.15, 0.2) is 53.7 Å². The van der Waals surface area contributed by atoms with Crippen LogP contribution in [0.3, 0.4) is 0 Å². The number of carbonyl (C=O) groups excluding carboxylic acids is 1. The molecule has 35 heavy (non-hydrogen) atoms. The third kappa shape index (κ3) is 7.09. The summed E-state index contributed by atoms with van der Waals surface area (Å²) < 4.78 is 38.0. The molecule has 0 fully saturated rings. The van der Waals surface area contributed by atoms with Gasteiger partial charge in [-0.15, -0.1) is 0 Å². The van der Waals surface area contributed by atoms with Gasteiger partial charge < -0.3 is 15.3 Å². The van der Waals surface area contributed by atoms with Crippen LogP contribution in [0.5, 0.6) is 0 Å². The number of nitrogens with one attached hydrogen (secondary N) is 1. The molecule has 2 N–H and O–H groups in total. The summed E-state index contributed by atoms with van der Waals surface area (Å²) in [5, 5.41) is 12.2. The number of anilines is 2. The number of aliphatic carboxylic acids is 1. The van der Waals surface area contributed by atoms with E-state index in [2.05, 4.69) is 15.3 Å². The SMILES string of the molecule is CN(C)c1nc(SCc2ccc(NC(=O)c3ccc(C(F)(F)F)cc3)cc2)nc(Cl)c1CC(=O)O. The number of hydrogen-bond acceptors (Lipinski definition) is 6. The quantitative estimate of drug-likeness (QED) is 0.232. The lowest BCUT2D eigenvalue weighted by Gasteiger charge is -2.17. The monoisotopic (exact) mass is 524 g/mol. The number of rotatable bonds is 8. The van der Waals surface area contributed by atoms with Gasteiger partial charge in [-0.1, -0.05) is 35.5 Å². The number of alkyl halides is 3. The lowest BCUT2D eigenvalue weighted by Crippen LogP contribution is -2.17. The second-order valence-corrected chi connectivity index (χ2v) is 8.88. The summed E-state index contributed by atoms with van der Waals surface area (Å²) in [5.41, 5.74) is 0.992. The van der Waals surface area contributed by atoms with Crippen LogP contribution in [-0.2, 0) is 23.1 Å². The van der Waals surface area contributed by atoms with Crippen molar-refractivity contribution in [1.82, 2.24) is 9.97 Å². The van der Waals surface area contributed by atoms with Crippen molar-refractivity contribution < 1.29 is 27.9 Å². The topological polar surface area (TPSA) is 95.4 Å². The largest absolute Gasteiger partial charge is 0.481 e. The van der Waals surface area contributed by atoms with Crippen LogP contribution in [-0.4, -0.2) is 41.0 Å². The maximum Gasteiger partial charge on any atom is 0.416 e. The number of carboxylic acids is 1. The molecule has 0 saturated carbocycles. The smallest absolute Gasteiger partial charge is 0.416 e. The third-order valence-corrected chi connectivity index (χ3v) is 5.95. The maximum atomic E-state index is 12.7. The number of benzene rings is 2. The van der Waals surface area contributed by atoms with Crippen molar-refractivity contribution in [3.63, 3.8) is 0 Å². The van der Waals surface area contributed by atoms with E-state index in [4.69, 9.17) is 16.7 Å². The predicted octanol–water partition coefficient (Wildman–Crippen LogP) is 5.39. The molecule has 3 aromatic rings. The van der Waals surface area contributed by atoms with Crippen LogP contribution in [0.2, 0.25) is 5.15 Å². The van der Waals surface area contributed by atoms with E-state index < -0.39 is 23.6 Å². The van der Waals surface area contributed by atoms with Crippen molar-refractivity contribution in [1.29, 1.82) is 0 Å². The van der Waals surface area contributed by atoms with Crippen molar-refractivity contribution in [2.45, 2.75) is 23.5 Å². The van der Waals surface area contributed by atoms with E-state index in [0.717, 1.165) is 29.8 Å². The molecule has 0 aliphatic rings. The van der Waals surface area contributed by atoms with Crippen molar-refractivity contribution in [2.24, 2.45) is 0 Å². The van der Waals surface area contributed by atoms with Crippen LogP contribution in [0, 0.1) is 0 Å². The Bertz CT molecular complexity index is 1220. The third-order valence-electron chi connectivity index (χ3n) is 4.72. The molecule has 2 aromatic carbocycles. The van der Waals surface area contributed by atoms with Gasteiger partial charge in [0.1, 0.15) is 11.0 Å². The van der Waals surface area contributed by atoms with Gasteiger partial charge in [-0.25, -0.2) is 9.97 Å². The van der Waals surface area contributed by atoms with Crippen molar-refractivity contribution in [3.8, 4) is 0 Å². The van der Waals surface area contributed by atoms with Gasteiger partial charge in [-0.2, -0.15) is 13.2 Å². The summed E-state index contributed by atoms with van der Waals surface area (Å²) >= 11 is 7.51. The number of thioether (sulfide) groups is 1. The van der Waals surface area contributed by atoms with Gasteiger partial charge in [-0.3, -0.25) is 9.59 Å². The molecular formula is C23H20ClF3N4O3S. The molecule has 0 saturated heterocycles. The first-order valence-electron chi connectivity index (χ1n) is 10.1. The van der Waals surface area contributed by atoms with Crippen molar-refractivity contribution >= 4 is 46.7 Å². The maximum absolute atomic E-state index is 12.7. The first-order chi connectivity index (χ1) is 16.4. The first-order valence-corrected chi connectivity index (χ1v) is 11.5. The molecule has 0 unspecified atom stereocenters. The molecule has 3 rings (SSSR count). The molecule has 12 heteroatoms. The molecule has 1 aromatic heterocycles. The van der Waals surface area contributed by atoms with Gasteiger partial charge >= 0.3 is 12.1 Å². The Balaban J connectivity index is 1.64. The standard InChI is InChI=1S/C23H20ClF3N4O3S/c1-31(2)20-17(11-18(32)33)19(24)29-22(30-20)35-12-13-3-9-16(10-4-13)28-21(34)14-5-7-15(8-6-14)23(25,26)27/h3-10H,11-12H2,1-2H3,(H,28,34)(H,32,33). The Morgan fingerprint density at radius 3 is 2.23 bits per heavy atom. The zero-order chi connectivity index (χ0) is 25.8. The molecule has 1 amide bonds. The van der Waals surface area contributed by atoms with Crippen molar-refractivity contribution in [2.75, 3.05) is 24.3 Å². The molecular weight excluding hydrogens is 505 g/mol. The average Bonchev–Trinajstić information content (AvgIpc) is 2.79. The zero-order valence-electron chi connectivity index (χ0n) is 18.6. The van der Waals surface area contributed by atoms with E-state index >= 15 is 0 Å². The second-order valence-electron chi connectivity index (χ2n) is 7.58. The van der Waals surface area contributed by atoms with Gasteiger partial charge in [0.25, 0.3) is 5.91 Å². The van der Waals surface area contributed by atoms with Crippen LogP contribution < -0.4 is 10.2 Å². The molecule has 184 valence electrons. The molecule has 0 radical (unpaired) electrons. The number of hydrogen-bond donors (Lipinski definition) is 2. The second kappa shape index (κ2) is 11.0. The molecule has 0 aliphatic heterocycles. The molecule has 1 heterocycles. The number of halogens is 4. The van der Waals surface area contributed by atoms with E-state index in [1.807, 2.05) is 0 Å². The summed E-state index contributed by atoms with van der Waals surface area (Å²) in [6, 6.07) is 10.9. The van der Waals surface area contributed by atoms with E-state index in [9.17, 15) is 22.8 Å². The lowest BCUT2D eigenvalue weighted by atomic mass is 10.1. The summed E-state index contributed by atoms with van der Waals surface area (Å²) in [6.07, 6.45) is -4.76. The minimum Gasteiger partial charge on any atom is -0.481 e. The van der Waals surface area contributed by atoms with Crippen molar-refractivity contribution in [3.05, 3.63) is 75.9 Å².